The molecule has 2 amide bonds. The molecule has 39 heavy (non-hydrogen) atoms. The Bertz CT molecular complexity index is 1610. The van der Waals surface area contributed by atoms with Crippen LogP contribution in [0.5, 0.6) is 11.5 Å². The van der Waals surface area contributed by atoms with Crippen LogP contribution >= 0.6 is 0 Å². The van der Waals surface area contributed by atoms with E-state index in [1.165, 1.54) is 9.47 Å². The topological polar surface area (TPSA) is 94.8 Å². The average Bonchev–Trinajstić information content (AvgIpc) is 3.52. The maximum Gasteiger partial charge on any atom is 0.329 e. The Balaban J connectivity index is 1.43. The van der Waals surface area contributed by atoms with Crippen LogP contribution in [0.25, 0.3) is 11.0 Å². The number of aromatic nitrogens is 2. The highest BCUT2D eigenvalue weighted by Gasteiger charge is 2.27. The molecule has 0 bridgehead atoms. The van der Waals surface area contributed by atoms with Crippen molar-refractivity contribution < 1.29 is 19.1 Å². The number of hydrogen-bond acceptors (Lipinski definition) is 5. The smallest absolute Gasteiger partial charge is 0.329 e. The predicted octanol–water partition coefficient (Wildman–Crippen LogP) is 3.56. The van der Waals surface area contributed by atoms with Gasteiger partial charge < -0.3 is 19.7 Å². The van der Waals surface area contributed by atoms with E-state index in [-0.39, 0.29) is 24.9 Å². The van der Waals surface area contributed by atoms with Crippen LogP contribution in [-0.2, 0) is 29.1 Å². The van der Waals surface area contributed by atoms with E-state index in [4.69, 9.17) is 9.47 Å². The van der Waals surface area contributed by atoms with E-state index < -0.39 is 11.9 Å². The number of aryl methyl sites for hydroxylation is 3. The van der Waals surface area contributed by atoms with Crippen LogP contribution in [0.15, 0.2) is 65.5 Å². The Morgan fingerprint density at radius 1 is 0.949 bits per heavy atom. The first-order chi connectivity index (χ1) is 18.8. The fraction of sp³-hybridized carbons (Fsp3) is 0.300. The first kappa shape index (κ1) is 26.1. The van der Waals surface area contributed by atoms with Gasteiger partial charge in [-0.3, -0.25) is 18.7 Å². The van der Waals surface area contributed by atoms with E-state index in [1.54, 1.807) is 29.8 Å². The molecule has 0 saturated heterocycles. The summed E-state index contributed by atoms with van der Waals surface area (Å²) < 4.78 is 14.0. The number of carbonyl (C=O) groups is 2. The summed E-state index contributed by atoms with van der Waals surface area (Å²) >= 11 is 0. The summed E-state index contributed by atoms with van der Waals surface area (Å²) in [6, 6.07) is 17.9. The standard InChI is InChI=1S/C30H32N4O5/c1-5-33-27-19(2)11-12-20(3)28(27)34(30(33)37)17-26(35)31-23(15-21-9-7-6-8-10-21)29(36)32(4)22-13-14-24-25(16-22)39-18-38-24/h6-14,16,23H,5,15,17-18H2,1-4H3,(H,31,35)/t23-/m0/s1. The van der Waals surface area contributed by atoms with Gasteiger partial charge in [0.25, 0.3) is 0 Å². The summed E-state index contributed by atoms with van der Waals surface area (Å²) in [5.41, 5.74) is 4.72. The van der Waals surface area contributed by atoms with Crippen molar-refractivity contribution >= 4 is 28.5 Å². The lowest BCUT2D eigenvalue weighted by Crippen LogP contribution is -2.50. The van der Waals surface area contributed by atoms with Gasteiger partial charge in [-0.25, -0.2) is 4.79 Å². The number of nitrogens with one attached hydrogen (secondary N) is 1. The number of rotatable bonds is 8. The van der Waals surface area contributed by atoms with Gasteiger partial charge in [-0.15, -0.1) is 0 Å². The van der Waals surface area contributed by atoms with E-state index >= 15 is 0 Å². The zero-order valence-electron chi connectivity index (χ0n) is 22.6. The summed E-state index contributed by atoms with van der Waals surface area (Å²) in [6.07, 6.45) is 0.296. The molecule has 1 aliphatic rings. The molecule has 4 aromatic rings. The molecule has 0 spiro atoms. The predicted molar refractivity (Wildman–Crippen MR) is 149 cm³/mol. The van der Waals surface area contributed by atoms with Crippen LogP contribution in [0.1, 0.15) is 23.6 Å². The zero-order chi connectivity index (χ0) is 27.7. The fourth-order valence-electron chi connectivity index (χ4n) is 5.13. The van der Waals surface area contributed by atoms with Gasteiger partial charge in [0.2, 0.25) is 18.6 Å². The molecule has 0 unspecified atom stereocenters. The lowest BCUT2D eigenvalue weighted by molar-refractivity contribution is -0.127. The van der Waals surface area contributed by atoms with Gasteiger partial charge in [-0.2, -0.15) is 0 Å². The molecule has 0 saturated carbocycles. The number of anilines is 1. The van der Waals surface area contributed by atoms with E-state index in [0.29, 0.717) is 30.2 Å². The highest BCUT2D eigenvalue weighted by Crippen LogP contribution is 2.35. The van der Waals surface area contributed by atoms with Crippen LogP contribution in [0, 0.1) is 13.8 Å². The molecule has 202 valence electrons. The van der Waals surface area contributed by atoms with Crippen LogP contribution in [-0.4, -0.2) is 40.8 Å². The summed E-state index contributed by atoms with van der Waals surface area (Å²) in [6.45, 7) is 6.22. The number of amides is 2. The Labute approximate surface area is 226 Å². The van der Waals surface area contributed by atoms with Gasteiger partial charge in [0.15, 0.2) is 11.5 Å². The van der Waals surface area contributed by atoms with Gasteiger partial charge >= 0.3 is 5.69 Å². The van der Waals surface area contributed by atoms with Crippen LogP contribution in [0.4, 0.5) is 5.69 Å². The summed E-state index contributed by atoms with van der Waals surface area (Å²) in [4.78, 5) is 42.0. The second-order valence-corrected chi connectivity index (χ2v) is 9.75. The maximum absolute atomic E-state index is 13.7. The molecule has 2 heterocycles. The monoisotopic (exact) mass is 528 g/mol. The van der Waals surface area contributed by atoms with Gasteiger partial charge in [0.1, 0.15) is 12.6 Å². The van der Waals surface area contributed by atoms with Gasteiger partial charge in [0, 0.05) is 31.8 Å². The molecular weight excluding hydrogens is 496 g/mol. The molecule has 0 aliphatic carbocycles. The van der Waals surface area contributed by atoms with Gasteiger partial charge in [-0.1, -0.05) is 42.5 Å². The summed E-state index contributed by atoms with van der Waals surface area (Å²) in [7, 11) is 1.66. The maximum atomic E-state index is 13.7. The van der Waals surface area contributed by atoms with Crippen LogP contribution in [0.3, 0.4) is 0 Å². The zero-order valence-corrected chi connectivity index (χ0v) is 22.6. The van der Waals surface area contributed by atoms with E-state index in [2.05, 4.69) is 5.32 Å². The molecule has 3 aromatic carbocycles. The molecule has 1 N–H and O–H groups in total. The lowest BCUT2D eigenvalue weighted by atomic mass is 10.0. The number of carbonyl (C=O) groups excluding carboxylic acids is 2. The van der Waals surface area contributed by atoms with E-state index in [1.807, 2.05) is 63.2 Å². The summed E-state index contributed by atoms with van der Waals surface area (Å²) in [5.74, 6) is 0.479. The molecular formula is C30H32N4O5. The largest absolute Gasteiger partial charge is 0.454 e. The van der Waals surface area contributed by atoms with Crippen LogP contribution < -0.4 is 25.4 Å². The van der Waals surface area contributed by atoms with Crippen molar-refractivity contribution in [3.63, 3.8) is 0 Å². The molecule has 9 nitrogen and oxygen atoms in total. The third kappa shape index (κ3) is 4.99. The molecule has 1 atom stereocenters. The molecule has 1 aromatic heterocycles. The number of likely N-dealkylation sites (N-methyl/N-ethyl adjacent to an activating group) is 1. The third-order valence-electron chi connectivity index (χ3n) is 7.16. The molecule has 5 rings (SSSR count). The number of ether oxygens (including phenoxy) is 2. The Morgan fingerprint density at radius 2 is 1.62 bits per heavy atom. The van der Waals surface area contributed by atoms with Gasteiger partial charge in [0.05, 0.1) is 11.0 Å². The lowest BCUT2D eigenvalue weighted by Gasteiger charge is -2.25. The van der Waals surface area contributed by atoms with Crippen molar-refractivity contribution in [2.45, 2.75) is 46.3 Å². The highest BCUT2D eigenvalue weighted by molar-refractivity contribution is 5.99. The number of benzene rings is 3. The van der Waals surface area contributed by atoms with E-state index in [0.717, 1.165) is 27.7 Å². The normalized spacial score (nSPS) is 12.9. The third-order valence-corrected chi connectivity index (χ3v) is 7.16. The Kier molecular flexibility index (Phi) is 7.15. The number of fused-ring (bicyclic) bond motifs is 2. The second kappa shape index (κ2) is 10.7. The quantitative estimate of drug-likeness (QED) is 0.377. The molecule has 0 fully saturated rings. The number of imidazole rings is 1. The second-order valence-electron chi connectivity index (χ2n) is 9.75. The SMILES string of the molecule is CCn1c(=O)n(CC(=O)N[C@@H](Cc2ccccc2)C(=O)N(C)c2ccc3c(c2)OCO3)c2c(C)ccc(C)c21. The van der Waals surface area contributed by atoms with Crippen molar-refractivity contribution in [1.29, 1.82) is 0 Å². The van der Waals surface area contributed by atoms with Crippen molar-refractivity contribution in [3.8, 4) is 11.5 Å². The summed E-state index contributed by atoms with van der Waals surface area (Å²) in [5, 5.41) is 2.91. The highest BCUT2D eigenvalue weighted by atomic mass is 16.7. The van der Waals surface area contributed by atoms with Crippen molar-refractivity contribution in [2.24, 2.45) is 0 Å². The van der Waals surface area contributed by atoms with Gasteiger partial charge in [-0.05, 0) is 49.6 Å². The van der Waals surface area contributed by atoms with Crippen LogP contribution in [0.2, 0.25) is 0 Å². The number of hydrogen-bond donors (Lipinski definition) is 1. The number of nitrogens with zero attached hydrogens (tertiary/aromatic N) is 3. The molecule has 9 heteroatoms. The molecule has 0 radical (unpaired) electrons. The van der Waals surface area contributed by atoms with Crippen molar-refractivity contribution in [3.05, 3.63) is 87.8 Å². The minimum atomic E-state index is -0.853. The van der Waals surface area contributed by atoms with Crippen molar-refractivity contribution in [1.82, 2.24) is 14.5 Å². The minimum absolute atomic E-state index is 0.135. The first-order valence-electron chi connectivity index (χ1n) is 13.0. The van der Waals surface area contributed by atoms with Crippen molar-refractivity contribution in [2.75, 3.05) is 18.7 Å². The average molecular weight is 529 g/mol. The molecule has 1 aliphatic heterocycles. The Morgan fingerprint density at radius 3 is 2.31 bits per heavy atom. The Hall–Kier alpha value is -4.53. The first-order valence-corrected chi connectivity index (χ1v) is 13.0. The van der Waals surface area contributed by atoms with E-state index in [9.17, 15) is 14.4 Å². The fourth-order valence-corrected chi connectivity index (χ4v) is 5.13. The minimum Gasteiger partial charge on any atom is -0.454 e.